The fraction of sp³-hybridized carbons (Fsp3) is 0.229. The molecule has 2 aliphatic carbocycles. The Kier molecular flexibility index (Phi) is 17.4. The van der Waals surface area contributed by atoms with E-state index in [1.54, 1.807) is 72.8 Å². The van der Waals surface area contributed by atoms with Crippen LogP contribution >= 0.6 is 0 Å². The van der Waals surface area contributed by atoms with Gasteiger partial charge in [0.15, 0.2) is 11.2 Å². The van der Waals surface area contributed by atoms with Crippen LogP contribution in [-0.4, -0.2) is 75.5 Å². The maximum Gasteiger partial charge on any atom is 0.356 e. The number of para-hydroxylation sites is 4. The third-order valence-corrected chi connectivity index (χ3v) is 18.8. The first kappa shape index (κ1) is 67.1. The van der Waals surface area contributed by atoms with E-state index in [1.807, 2.05) is 47.6 Å². The van der Waals surface area contributed by atoms with Gasteiger partial charge in [0.2, 0.25) is 0 Å². The zero-order chi connectivity index (χ0) is 71.6. The molecule has 102 heavy (non-hydrogen) atoms. The van der Waals surface area contributed by atoms with Crippen molar-refractivity contribution < 1.29 is 43.0 Å². The molecule has 14 rings (SSSR count). The van der Waals surface area contributed by atoms with Gasteiger partial charge in [-0.2, -0.15) is 0 Å². The standard InChI is InChI=1S/C83H75N9O10/c1-45(2)42-100-71-39-66(79(94)90-64-30-18-24-56-73(102-44-47(5)6)41-68(81(96)99-11)87-76(56)64)85-75-55(71)23-17-29-63(75)89-78(93)65-38-70(54-22-16-28-62(74(54)84-65)88-80(95)67-40-72(101-43-46(3)4)57-25-19-31-69(92(97)98)77(57)86-67)91(48-32-34-52-50-20-12-14-26-58(50)82(7,8)60(52)36-48)49-33-35-53-51-21-13-15-27-59(51)83(9,10)61(53)37-49/h12-41,45-47H,42-44H2,1-11H3,(H,88,95)(H,89,93)(H,90,94). The summed E-state index contributed by atoms with van der Waals surface area (Å²) in [5.41, 5.74) is 11.0. The number of nitrogens with zero attached hydrogens (tertiary/aromatic N) is 6. The van der Waals surface area contributed by atoms with Gasteiger partial charge in [0.05, 0.1) is 71.2 Å². The van der Waals surface area contributed by atoms with Crippen LogP contribution in [0.1, 0.15) is 133 Å². The second kappa shape index (κ2) is 26.5. The average molecular weight is 1360 g/mol. The van der Waals surface area contributed by atoms with Gasteiger partial charge < -0.3 is 39.8 Å². The van der Waals surface area contributed by atoms with E-state index in [2.05, 4.69) is 143 Å². The molecule has 0 radical (unpaired) electrons. The minimum Gasteiger partial charge on any atom is -0.493 e. The average Bonchev–Trinajstić information content (AvgIpc) is 1.54. The quantitative estimate of drug-likeness (QED) is 0.0365. The molecule has 512 valence electrons. The Morgan fingerprint density at radius 3 is 1.23 bits per heavy atom. The number of non-ortho nitro benzene ring substituents is 1. The van der Waals surface area contributed by atoms with Crippen LogP contribution in [0, 0.1) is 27.9 Å². The lowest BCUT2D eigenvalue weighted by molar-refractivity contribution is -0.383. The van der Waals surface area contributed by atoms with Crippen molar-refractivity contribution in [2.45, 2.75) is 80.1 Å². The van der Waals surface area contributed by atoms with E-state index in [0.717, 1.165) is 44.8 Å². The fourth-order valence-electron chi connectivity index (χ4n) is 13.8. The van der Waals surface area contributed by atoms with Crippen molar-refractivity contribution in [3.8, 4) is 39.5 Å². The van der Waals surface area contributed by atoms with Crippen molar-refractivity contribution in [1.82, 2.24) is 19.9 Å². The molecule has 19 heteroatoms. The number of aromatic nitrogens is 4. The number of hydrogen-bond acceptors (Lipinski definition) is 15. The summed E-state index contributed by atoms with van der Waals surface area (Å²) in [4.78, 5) is 92.6. The van der Waals surface area contributed by atoms with Gasteiger partial charge in [-0.25, -0.2) is 24.7 Å². The van der Waals surface area contributed by atoms with E-state index >= 15 is 9.59 Å². The van der Waals surface area contributed by atoms with Crippen LogP contribution in [0.15, 0.2) is 182 Å². The maximum absolute atomic E-state index is 15.9. The first-order valence-corrected chi connectivity index (χ1v) is 34.1. The van der Waals surface area contributed by atoms with E-state index in [4.69, 9.17) is 28.9 Å². The summed E-state index contributed by atoms with van der Waals surface area (Å²) in [5.74, 6) is -1.52. The smallest absolute Gasteiger partial charge is 0.356 e. The van der Waals surface area contributed by atoms with Crippen LogP contribution < -0.4 is 35.1 Å². The normalized spacial score (nSPS) is 13.0. The second-order valence-electron chi connectivity index (χ2n) is 28.2. The summed E-state index contributed by atoms with van der Waals surface area (Å²) in [6.07, 6.45) is 0. The monoisotopic (exact) mass is 1360 g/mol. The minimum atomic E-state index is -0.729. The highest BCUT2D eigenvalue weighted by molar-refractivity contribution is 6.16. The Hall–Kier alpha value is -12.1. The molecule has 4 heterocycles. The Bertz CT molecular complexity index is 5370. The predicted octanol–water partition coefficient (Wildman–Crippen LogP) is 18.5. The second-order valence-corrected chi connectivity index (χ2v) is 28.2. The van der Waals surface area contributed by atoms with Crippen LogP contribution in [0.25, 0.3) is 65.9 Å². The molecule has 0 saturated carbocycles. The van der Waals surface area contributed by atoms with Gasteiger partial charge in [-0.1, -0.05) is 160 Å². The number of anilines is 6. The number of fused-ring (bicyclic) bond motifs is 10. The van der Waals surface area contributed by atoms with Gasteiger partial charge in [0, 0.05) is 68.0 Å². The highest BCUT2D eigenvalue weighted by Crippen LogP contribution is 2.54. The third-order valence-electron chi connectivity index (χ3n) is 18.8. The number of nitro groups is 1. The zero-order valence-corrected chi connectivity index (χ0v) is 58.4. The van der Waals surface area contributed by atoms with Crippen molar-refractivity contribution in [1.29, 1.82) is 0 Å². The predicted molar refractivity (Wildman–Crippen MR) is 400 cm³/mol. The molecule has 0 spiro atoms. The number of esters is 1. The number of carbonyl (C=O) groups excluding carboxylic acids is 4. The van der Waals surface area contributed by atoms with Crippen molar-refractivity contribution in [3.05, 3.63) is 237 Å². The van der Waals surface area contributed by atoms with Gasteiger partial charge in [0.1, 0.15) is 34.3 Å². The molecule has 0 aliphatic heterocycles. The Labute approximate surface area is 589 Å². The van der Waals surface area contributed by atoms with Gasteiger partial charge in [0.25, 0.3) is 23.4 Å². The molecule has 0 atom stereocenters. The summed E-state index contributed by atoms with van der Waals surface area (Å²) in [6.45, 7) is 21.7. The van der Waals surface area contributed by atoms with Gasteiger partial charge in [-0.3, -0.25) is 24.5 Å². The number of ether oxygens (including phenoxy) is 4. The third kappa shape index (κ3) is 12.2. The number of carbonyl (C=O) groups is 4. The van der Waals surface area contributed by atoms with Crippen molar-refractivity contribution in [2.24, 2.45) is 17.8 Å². The molecule has 4 aromatic heterocycles. The molecule has 0 fully saturated rings. The number of amides is 3. The van der Waals surface area contributed by atoms with Crippen molar-refractivity contribution in [3.63, 3.8) is 0 Å². The first-order valence-electron chi connectivity index (χ1n) is 34.1. The van der Waals surface area contributed by atoms with Crippen LogP contribution in [0.3, 0.4) is 0 Å². The Balaban J connectivity index is 0.938. The summed E-state index contributed by atoms with van der Waals surface area (Å²) in [5, 5.41) is 23.7. The number of methoxy groups -OCH3 is 1. The van der Waals surface area contributed by atoms with Crippen LogP contribution in [0.5, 0.6) is 17.2 Å². The number of pyridine rings is 4. The topological polar surface area (TPSA) is 239 Å². The Morgan fingerprint density at radius 1 is 0.431 bits per heavy atom. The zero-order valence-electron chi connectivity index (χ0n) is 58.4. The summed E-state index contributed by atoms with van der Waals surface area (Å²) >= 11 is 0. The number of benzene rings is 8. The van der Waals surface area contributed by atoms with Crippen molar-refractivity contribution in [2.75, 3.05) is 47.8 Å². The van der Waals surface area contributed by atoms with Gasteiger partial charge in [-0.05, 0) is 129 Å². The number of hydrogen-bond donors (Lipinski definition) is 3. The molecule has 0 unspecified atom stereocenters. The highest BCUT2D eigenvalue weighted by Gasteiger charge is 2.39. The molecular weight excluding hydrogens is 1280 g/mol. The molecule has 19 nitrogen and oxygen atoms in total. The molecule has 3 amide bonds. The lowest BCUT2D eigenvalue weighted by atomic mass is 9.82. The fourth-order valence-corrected chi connectivity index (χ4v) is 13.8. The molecule has 2 aliphatic rings. The number of nitro benzene ring substituents is 1. The molecular formula is C83H75N9O10. The SMILES string of the molecule is COC(=O)c1cc(OCC(C)C)c2cccc(NC(=O)c3cc(OCC(C)C)c4cccc(NC(=O)c5cc(N(c6ccc7c(c6)C(C)(C)c6ccccc6-7)c6ccc7c(c6)C(C)(C)c6ccccc6-7)c6cccc(NC(=O)c7cc(OCC(C)C)c8cccc([N+](=O)[O-])c8n7)c6n5)c4n3)c2n1. The maximum atomic E-state index is 15.9. The lowest BCUT2D eigenvalue weighted by Crippen LogP contribution is -2.20. The van der Waals surface area contributed by atoms with Gasteiger partial charge >= 0.3 is 5.97 Å². The largest absolute Gasteiger partial charge is 0.493 e. The van der Waals surface area contributed by atoms with E-state index in [-0.39, 0.29) is 104 Å². The highest BCUT2D eigenvalue weighted by atomic mass is 16.6. The van der Waals surface area contributed by atoms with Crippen molar-refractivity contribution >= 4 is 107 Å². The molecule has 12 aromatic rings. The summed E-state index contributed by atoms with van der Waals surface area (Å²) in [6, 6.07) is 56.5. The van der Waals surface area contributed by atoms with Crippen LogP contribution in [0.4, 0.5) is 39.8 Å². The minimum absolute atomic E-state index is 0.0205. The molecule has 3 N–H and O–H groups in total. The molecule has 0 bridgehead atoms. The summed E-state index contributed by atoms with van der Waals surface area (Å²) in [7, 11) is 1.26. The van der Waals surface area contributed by atoms with E-state index < -0.39 is 39.4 Å². The van der Waals surface area contributed by atoms with Crippen LogP contribution in [-0.2, 0) is 15.6 Å². The number of rotatable bonds is 20. The van der Waals surface area contributed by atoms with E-state index in [0.29, 0.717) is 45.3 Å². The van der Waals surface area contributed by atoms with Crippen LogP contribution in [0.2, 0.25) is 0 Å². The van der Waals surface area contributed by atoms with E-state index in [9.17, 15) is 19.7 Å². The molecule has 0 saturated heterocycles. The van der Waals surface area contributed by atoms with Gasteiger partial charge in [-0.15, -0.1) is 0 Å². The number of nitrogens with one attached hydrogen (secondary N) is 3. The van der Waals surface area contributed by atoms with E-state index in [1.165, 1.54) is 36.4 Å². The summed E-state index contributed by atoms with van der Waals surface area (Å²) < 4.78 is 24.0. The lowest BCUT2D eigenvalue weighted by Gasteiger charge is -2.31. The Morgan fingerprint density at radius 2 is 0.794 bits per heavy atom. The first-order chi connectivity index (χ1) is 49.0. The molecule has 8 aromatic carbocycles.